The lowest BCUT2D eigenvalue weighted by Crippen LogP contribution is -2.41. The Labute approximate surface area is 126 Å². The lowest BCUT2D eigenvalue weighted by atomic mass is 10.1. The fourth-order valence-electron chi connectivity index (χ4n) is 2.42. The summed E-state index contributed by atoms with van der Waals surface area (Å²) < 4.78 is 0. The summed E-state index contributed by atoms with van der Waals surface area (Å²) in [6.45, 7) is 1.82. The van der Waals surface area contributed by atoms with Crippen molar-refractivity contribution in [2.75, 3.05) is 6.54 Å². The van der Waals surface area contributed by atoms with E-state index in [0.29, 0.717) is 24.1 Å². The molecule has 6 nitrogen and oxygen atoms in total. The Kier molecular flexibility index (Phi) is 4.95. The SMILES string of the molecule is Cc1ccc(C(=O)NCC(=O)NC2CCC(C(=O)O)C2)s1. The third-order valence-electron chi connectivity index (χ3n) is 3.52. The molecule has 0 aromatic carbocycles. The van der Waals surface area contributed by atoms with E-state index >= 15 is 0 Å². The minimum atomic E-state index is -0.812. The average Bonchev–Trinajstić information content (AvgIpc) is 3.05. The van der Waals surface area contributed by atoms with Gasteiger partial charge in [-0.15, -0.1) is 11.3 Å². The molecule has 2 atom stereocenters. The maximum Gasteiger partial charge on any atom is 0.306 e. The van der Waals surface area contributed by atoms with E-state index in [4.69, 9.17) is 5.11 Å². The molecule has 3 N–H and O–H groups in total. The maximum absolute atomic E-state index is 11.8. The van der Waals surface area contributed by atoms with Crippen molar-refractivity contribution in [1.29, 1.82) is 0 Å². The lowest BCUT2D eigenvalue weighted by Gasteiger charge is -2.12. The molecule has 1 aromatic heterocycles. The summed E-state index contributed by atoms with van der Waals surface area (Å²) in [4.78, 5) is 36.0. The Morgan fingerprint density at radius 1 is 1.33 bits per heavy atom. The van der Waals surface area contributed by atoms with Crippen LogP contribution in [0.4, 0.5) is 0 Å². The van der Waals surface area contributed by atoms with Crippen molar-refractivity contribution in [3.63, 3.8) is 0 Å². The third-order valence-corrected chi connectivity index (χ3v) is 4.52. The first-order valence-corrected chi connectivity index (χ1v) is 7.64. The first-order valence-electron chi connectivity index (χ1n) is 6.82. The van der Waals surface area contributed by atoms with E-state index in [1.807, 2.05) is 13.0 Å². The molecule has 2 amide bonds. The molecule has 7 heteroatoms. The lowest BCUT2D eigenvalue weighted by molar-refractivity contribution is -0.141. The number of aliphatic carboxylic acids is 1. The van der Waals surface area contributed by atoms with Crippen molar-refractivity contribution in [3.8, 4) is 0 Å². The molecule has 1 heterocycles. The Morgan fingerprint density at radius 3 is 2.67 bits per heavy atom. The fraction of sp³-hybridized carbons (Fsp3) is 0.500. The van der Waals surface area contributed by atoms with Crippen LogP contribution in [0.1, 0.15) is 33.8 Å². The molecule has 0 spiro atoms. The smallest absolute Gasteiger partial charge is 0.306 e. The van der Waals surface area contributed by atoms with Crippen LogP contribution >= 0.6 is 11.3 Å². The number of hydrogen-bond acceptors (Lipinski definition) is 4. The Morgan fingerprint density at radius 2 is 2.10 bits per heavy atom. The number of thiophene rings is 1. The number of carbonyl (C=O) groups excluding carboxylic acids is 2. The minimum Gasteiger partial charge on any atom is -0.481 e. The van der Waals surface area contributed by atoms with Crippen LogP contribution in [0.3, 0.4) is 0 Å². The van der Waals surface area contributed by atoms with E-state index in [1.165, 1.54) is 11.3 Å². The van der Waals surface area contributed by atoms with Gasteiger partial charge in [0.15, 0.2) is 0 Å². The number of carbonyl (C=O) groups is 3. The number of rotatable bonds is 5. The summed E-state index contributed by atoms with van der Waals surface area (Å²) in [6.07, 6.45) is 1.71. The normalized spacial score (nSPS) is 21.0. The van der Waals surface area contributed by atoms with Gasteiger partial charge in [0.1, 0.15) is 0 Å². The van der Waals surface area contributed by atoms with Crippen LogP contribution < -0.4 is 10.6 Å². The van der Waals surface area contributed by atoms with Crippen LogP contribution in [0.5, 0.6) is 0 Å². The van der Waals surface area contributed by atoms with Gasteiger partial charge in [-0.3, -0.25) is 14.4 Å². The van der Waals surface area contributed by atoms with Gasteiger partial charge in [-0.25, -0.2) is 0 Å². The predicted molar refractivity (Wildman–Crippen MR) is 78.3 cm³/mol. The van der Waals surface area contributed by atoms with Gasteiger partial charge in [-0.05, 0) is 38.3 Å². The van der Waals surface area contributed by atoms with Crippen LogP contribution in [0.15, 0.2) is 12.1 Å². The zero-order valence-electron chi connectivity index (χ0n) is 11.7. The van der Waals surface area contributed by atoms with Crippen molar-refractivity contribution in [1.82, 2.24) is 10.6 Å². The molecular formula is C14H18N2O4S. The number of hydrogen-bond donors (Lipinski definition) is 3. The predicted octanol–water partition coefficient (Wildman–Crippen LogP) is 1.16. The van der Waals surface area contributed by atoms with E-state index in [-0.39, 0.29) is 30.3 Å². The number of carboxylic acids is 1. The second-order valence-corrected chi connectivity index (χ2v) is 6.49. The van der Waals surface area contributed by atoms with Gasteiger partial charge < -0.3 is 15.7 Å². The molecule has 0 bridgehead atoms. The quantitative estimate of drug-likeness (QED) is 0.760. The van der Waals surface area contributed by atoms with Crippen molar-refractivity contribution < 1.29 is 19.5 Å². The molecule has 0 radical (unpaired) electrons. The maximum atomic E-state index is 11.8. The van der Waals surface area contributed by atoms with Gasteiger partial charge >= 0.3 is 5.97 Å². The van der Waals surface area contributed by atoms with Crippen LogP contribution in [-0.2, 0) is 9.59 Å². The zero-order valence-corrected chi connectivity index (χ0v) is 12.5. The molecule has 1 saturated carbocycles. The largest absolute Gasteiger partial charge is 0.481 e. The van der Waals surface area contributed by atoms with E-state index in [0.717, 1.165) is 4.88 Å². The molecule has 1 aliphatic rings. The highest BCUT2D eigenvalue weighted by atomic mass is 32.1. The number of amides is 2. The molecule has 21 heavy (non-hydrogen) atoms. The molecule has 1 aromatic rings. The third kappa shape index (κ3) is 4.29. The van der Waals surface area contributed by atoms with Gasteiger partial charge in [0.05, 0.1) is 17.3 Å². The zero-order chi connectivity index (χ0) is 15.4. The van der Waals surface area contributed by atoms with E-state index in [1.54, 1.807) is 6.07 Å². The Balaban J connectivity index is 1.73. The summed E-state index contributed by atoms with van der Waals surface area (Å²) >= 11 is 1.37. The highest BCUT2D eigenvalue weighted by molar-refractivity contribution is 7.13. The van der Waals surface area contributed by atoms with Crippen LogP contribution in [0.25, 0.3) is 0 Å². The van der Waals surface area contributed by atoms with Crippen molar-refractivity contribution in [3.05, 3.63) is 21.9 Å². The number of carboxylic acid groups (broad SMARTS) is 1. The second kappa shape index (κ2) is 6.71. The molecule has 0 aliphatic heterocycles. The van der Waals surface area contributed by atoms with E-state index < -0.39 is 5.97 Å². The standard InChI is InChI=1S/C14H18N2O4S/c1-8-2-5-11(21-8)13(18)15-7-12(17)16-10-4-3-9(6-10)14(19)20/h2,5,9-10H,3-4,6-7H2,1H3,(H,15,18)(H,16,17)(H,19,20). The fourth-order valence-corrected chi connectivity index (χ4v) is 3.20. The molecule has 0 saturated heterocycles. The van der Waals surface area contributed by atoms with Gasteiger partial charge in [-0.2, -0.15) is 0 Å². The monoisotopic (exact) mass is 310 g/mol. The first kappa shape index (κ1) is 15.5. The molecule has 2 rings (SSSR count). The topological polar surface area (TPSA) is 95.5 Å². The van der Waals surface area contributed by atoms with E-state index in [2.05, 4.69) is 10.6 Å². The summed E-state index contributed by atoms with van der Waals surface area (Å²) in [7, 11) is 0. The highest BCUT2D eigenvalue weighted by Gasteiger charge is 2.30. The van der Waals surface area contributed by atoms with Gasteiger partial charge in [0.25, 0.3) is 5.91 Å². The molecule has 114 valence electrons. The Hall–Kier alpha value is -1.89. The van der Waals surface area contributed by atoms with Crippen LogP contribution in [0.2, 0.25) is 0 Å². The molecule has 1 fully saturated rings. The molecule has 2 unspecified atom stereocenters. The summed E-state index contributed by atoms with van der Waals surface area (Å²) in [5, 5.41) is 14.2. The van der Waals surface area contributed by atoms with E-state index in [9.17, 15) is 14.4 Å². The average molecular weight is 310 g/mol. The highest BCUT2D eigenvalue weighted by Crippen LogP contribution is 2.25. The van der Waals surface area contributed by atoms with Crippen molar-refractivity contribution in [2.24, 2.45) is 5.92 Å². The van der Waals surface area contributed by atoms with Crippen molar-refractivity contribution >= 4 is 29.1 Å². The second-order valence-electron chi connectivity index (χ2n) is 5.21. The van der Waals surface area contributed by atoms with Gasteiger partial charge in [0.2, 0.25) is 5.91 Å². The number of aryl methyl sites for hydroxylation is 1. The summed E-state index contributed by atoms with van der Waals surface area (Å²) in [5.41, 5.74) is 0. The van der Waals surface area contributed by atoms with Crippen LogP contribution in [0, 0.1) is 12.8 Å². The van der Waals surface area contributed by atoms with Crippen molar-refractivity contribution in [2.45, 2.75) is 32.2 Å². The molecular weight excluding hydrogens is 292 g/mol. The van der Waals surface area contributed by atoms with Gasteiger partial charge in [0, 0.05) is 10.9 Å². The summed E-state index contributed by atoms with van der Waals surface area (Å²) in [5.74, 6) is -1.74. The van der Waals surface area contributed by atoms with Gasteiger partial charge in [-0.1, -0.05) is 0 Å². The molecule has 1 aliphatic carbocycles. The first-order chi connectivity index (χ1) is 9.95. The van der Waals surface area contributed by atoms with Crippen LogP contribution in [-0.4, -0.2) is 35.5 Å². The summed E-state index contributed by atoms with van der Waals surface area (Å²) in [6, 6.07) is 3.46. The Bertz CT molecular complexity index is 555. The number of nitrogens with one attached hydrogen (secondary N) is 2. The minimum absolute atomic E-state index is 0.0932.